The number of nitrogens with one attached hydrogen (secondary N) is 1. The molecule has 2 heterocycles. The third kappa shape index (κ3) is 4.19. The van der Waals surface area contributed by atoms with Gasteiger partial charge in [-0.05, 0) is 54.5 Å². The van der Waals surface area contributed by atoms with Crippen LogP contribution in [0.15, 0.2) is 79.1 Å². The second-order valence-corrected chi connectivity index (χ2v) is 6.72. The number of rotatable bonds is 5. The topological polar surface area (TPSA) is 55.6 Å². The Bertz CT molecular complexity index is 1170. The number of ether oxygens (including phenoxy) is 1. The highest BCUT2D eigenvalue weighted by atomic mass is 16.5. The van der Waals surface area contributed by atoms with Crippen molar-refractivity contribution >= 4 is 23.3 Å². The molecule has 0 aliphatic rings. The molecule has 4 rings (SSSR count). The molecule has 4 aromatic rings. The van der Waals surface area contributed by atoms with Gasteiger partial charge in [0.25, 0.3) is 0 Å². The summed E-state index contributed by atoms with van der Waals surface area (Å²) in [5.41, 5.74) is 5.64. The Morgan fingerprint density at radius 2 is 1.83 bits per heavy atom. The fourth-order valence-corrected chi connectivity index (χ4v) is 3.09. The van der Waals surface area contributed by atoms with E-state index in [1.807, 2.05) is 84.4 Å². The number of methoxy groups -OCH3 is 1. The summed E-state index contributed by atoms with van der Waals surface area (Å²) in [6, 6.07) is 19.2. The first-order chi connectivity index (χ1) is 14.1. The van der Waals surface area contributed by atoms with Crippen molar-refractivity contribution in [2.45, 2.75) is 6.92 Å². The number of aromatic nitrogens is 2. The van der Waals surface area contributed by atoms with E-state index in [4.69, 9.17) is 9.72 Å². The van der Waals surface area contributed by atoms with E-state index in [-0.39, 0.29) is 5.91 Å². The summed E-state index contributed by atoms with van der Waals surface area (Å²) in [6.45, 7) is 2.05. The van der Waals surface area contributed by atoms with Crippen molar-refractivity contribution in [3.63, 3.8) is 0 Å². The fourth-order valence-electron chi connectivity index (χ4n) is 3.09. The molecule has 5 nitrogen and oxygen atoms in total. The molecule has 0 saturated carbocycles. The number of hydrogen-bond donors (Lipinski definition) is 1. The number of fused-ring (bicyclic) bond motifs is 1. The molecular weight excluding hydrogens is 362 g/mol. The molecule has 2 aromatic heterocycles. The van der Waals surface area contributed by atoms with Crippen molar-refractivity contribution in [1.82, 2.24) is 9.38 Å². The molecular formula is C24H21N3O2. The summed E-state index contributed by atoms with van der Waals surface area (Å²) < 4.78 is 7.15. The van der Waals surface area contributed by atoms with E-state index in [2.05, 4.69) is 5.32 Å². The molecule has 1 N–H and O–H groups in total. The zero-order valence-electron chi connectivity index (χ0n) is 16.3. The summed E-state index contributed by atoms with van der Waals surface area (Å²) in [5, 5.41) is 2.87. The van der Waals surface area contributed by atoms with Gasteiger partial charge in [-0.1, -0.05) is 30.3 Å². The van der Waals surface area contributed by atoms with Crippen molar-refractivity contribution in [3.05, 3.63) is 90.3 Å². The van der Waals surface area contributed by atoms with Crippen molar-refractivity contribution in [2.24, 2.45) is 0 Å². The van der Waals surface area contributed by atoms with Crippen molar-refractivity contribution in [3.8, 4) is 17.0 Å². The van der Waals surface area contributed by atoms with Crippen LogP contribution in [0.1, 0.15) is 11.1 Å². The lowest BCUT2D eigenvalue weighted by molar-refractivity contribution is -0.111. The van der Waals surface area contributed by atoms with Gasteiger partial charge in [0.2, 0.25) is 5.91 Å². The number of pyridine rings is 1. The minimum atomic E-state index is -0.183. The van der Waals surface area contributed by atoms with Crippen LogP contribution in [-0.2, 0) is 4.79 Å². The average molecular weight is 383 g/mol. The second-order valence-electron chi connectivity index (χ2n) is 6.72. The molecule has 0 radical (unpaired) electrons. The quantitative estimate of drug-likeness (QED) is 0.495. The maximum absolute atomic E-state index is 12.2. The average Bonchev–Trinajstić information content (AvgIpc) is 3.19. The standard InChI is InChI=1S/C24H21N3O2/c1-17-4-3-15-27-16-22(26-24(17)27)19-8-10-20(11-9-19)25-23(28)14-7-18-5-12-21(29-2)13-6-18/h3-16H,1-2H3,(H,25,28)/b14-7+. The van der Waals surface area contributed by atoms with Crippen LogP contribution in [0.5, 0.6) is 5.75 Å². The molecule has 0 saturated heterocycles. The van der Waals surface area contributed by atoms with E-state index in [9.17, 15) is 4.79 Å². The van der Waals surface area contributed by atoms with Crippen LogP contribution in [0.2, 0.25) is 0 Å². The highest BCUT2D eigenvalue weighted by Crippen LogP contribution is 2.22. The highest BCUT2D eigenvalue weighted by molar-refractivity contribution is 6.02. The SMILES string of the molecule is COc1ccc(/C=C/C(=O)Nc2ccc(-c3cn4cccc(C)c4n3)cc2)cc1. The van der Waals surface area contributed by atoms with Gasteiger partial charge in [0, 0.05) is 29.7 Å². The lowest BCUT2D eigenvalue weighted by Gasteiger charge is -2.03. The van der Waals surface area contributed by atoms with Gasteiger partial charge in [-0.2, -0.15) is 0 Å². The largest absolute Gasteiger partial charge is 0.497 e. The lowest BCUT2D eigenvalue weighted by atomic mass is 10.1. The molecule has 0 aliphatic heterocycles. The second kappa shape index (κ2) is 8.02. The summed E-state index contributed by atoms with van der Waals surface area (Å²) in [7, 11) is 1.62. The number of nitrogens with zero attached hydrogens (tertiary/aromatic N) is 2. The number of aryl methyl sites for hydroxylation is 1. The summed E-state index contributed by atoms with van der Waals surface area (Å²) >= 11 is 0. The molecule has 1 amide bonds. The molecule has 0 fully saturated rings. The van der Waals surface area contributed by atoms with Gasteiger partial charge in [-0.3, -0.25) is 4.79 Å². The zero-order chi connectivity index (χ0) is 20.2. The van der Waals surface area contributed by atoms with Crippen molar-refractivity contribution in [2.75, 3.05) is 12.4 Å². The molecule has 0 atom stereocenters. The van der Waals surface area contributed by atoms with E-state index >= 15 is 0 Å². The van der Waals surface area contributed by atoms with Gasteiger partial charge < -0.3 is 14.5 Å². The monoisotopic (exact) mass is 383 g/mol. The maximum atomic E-state index is 12.2. The minimum absolute atomic E-state index is 0.183. The maximum Gasteiger partial charge on any atom is 0.248 e. The van der Waals surface area contributed by atoms with Crippen LogP contribution in [-0.4, -0.2) is 22.4 Å². The van der Waals surface area contributed by atoms with Crippen LogP contribution in [0, 0.1) is 6.92 Å². The van der Waals surface area contributed by atoms with Gasteiger partial charge in [0.05, 0.1) is 12.8 Å². The predicted octanol–water partition coefficient (Wildman–Crippen LogP) is 4.97. The first kappa shape index (κ1) is 18.5. The smallest absolute Gasteiger partial charge is 0.248 e. The fraction of sp³-hybridized carbons (Fsp3) is 0.0833. The normalized spacial score (nSPS) is 11.1. The molecule has 0 bridgehead atoms. The molecule has 2 aromatic carbocycles. The van der Waals surface area contributed by atoms with Gasteiger partial charge in [-0.15, -0.1) is 0 Å². The Hall–Kier alpha value is -3.86. The zero-order valence-corrected chi connectivity index (χ0v) is 16.3. The Balaban J connectivity index is 1.43. The predicted molar refractivity (Wildman–Crippen MR) is 116 cm³/mol. The van der Waals surface area contributed by atoms with E-state index < -0.39 is 0 Å². The third-order valence-electron chi connectivity index (χ3n) is 4.67. The number of anilines is 1. The molecule has 5 heteroatoms. The highest BCUT2D eigenvalue weighted by Gasteiger charge is 2.06. The Morgan fingerprint density at radius 3 is 2.52 bits per heavy atom. The van der Waals surface area contributed by atoms with Crippen LogP contribution in [0.25, 0.3) is 23.0 Å². The number of carbonyl (C=O) groups is 1. The van der Waals surface area contributed by atoms with Crippen molar-refractivity contribution < 1.29 is 9.53 Å². The van der Waals surface area contributed by atoms with E-state index in [0.717, 1.165) is 39.5 Å². The van der Waals surface area contributed by atoms with Crippen LogP contribution in [0.3, 0.4) is 0 Å². The summed E-state index contributed by atoms with van der Waals surface area (Å²) in [5.74, 6) is 0.601. The molecule has 0 unspecified atom stereocenters. The molecule has 0 aliphatic carbocycles. The van der Waals surface area contributed by atoms with E-state index in [0.29, 0.717) is 0 Å². The third-order valence-corrected chi connectivity index (χ3v) is 4.67. The van der Waals surface area contributed by atoms with Gasteiger partial charge in [0.1, 0.15) is 11.4 Å². The Labute approximate surface area is 169 Å². The van der Waals surface area contributed by atoms with Crippen molar-refractivity contribution in [1.29, 1.82) is 0 Å². The number of hydrogen-bond acceptors (Lipinski definition) is 3. The van der Waals surface area contributed by atoms with E-state index in [1.54, 1.807) is 13.2 Å². The van der Waals surface area contributed by atoms with Gasteiger partial charge in [-0.25, -0.2) is 4.98 Å². The Kier molecular flexibility index (Phi) is 5.12. The number of carbonyl (C=O) groups excluding carboxylic acids is 1. The van der Waals surface area contributed by atoms with Crippen LogP contribution in [0.4, 0.5) is 5.69 Å². The molecule has 0 spiro atoms. The number of benzene rings is 2. The van der Waals surface area contributed by atoms with Gasteiger partial charge in [0.15, 0.2) is 0 Å². The number of amides is 1. The first-order valence-electron chi connectivity index (χ1n) is 9.30. The summed E-state index contributed by atoms with van der Waals surface area (Å²) in [6.07, 6.45) is 7.28. The van der Waals surface area contributed by atoms with Crippen LogP contribution >= 0.6 is 0 Å². The van der Waals surface area contributed by atoms with Gasteiger partial charge >= 0.3 is 0 Å². The summed E-state index contributed by atoms with van der Waals surface area (Å²) in [4.78, 5) is 16.9. The Morgan fingerprint density at radius 1 is 1.07 bits per heavy atom. The minimum Gasteiger partial charge on any atom is -0.497 e. The number of imidazole rings is 1. The lowest BCUT2D eigenvalue weighted by Crippen LogP contribution is -2.07. The van der Waals surface area contributed by atoms with E-state index in [1.165, 1.54) is 6.08 Å². The molecule has 29 heavy (non-hydrogen) atoms. The van der Waals surface area contributed by atoms with Crippen LogP contribution < -0.4 is 10.1 Å². The molecule has 144 valence electrons. The first-order valence-corrected chi connectivity index (χ1v) is 9.30.